The molecule has 0 aromatic heterocycles. The second kappa shape index (κ2) is 31.9. The van der Waals surface area contributed by atoms with Crippen LogP contribution in [0.15, 0.2) is 25.3 Å². The van der Waals surface area contributed by atoms with E-state index in [1.54, 1.807) is 7.11 Å². The minimum atomic E-state index is -0.102. The van der Waals surface area contributed by atoms with Gasteiger partial charge in [-0.3, -0.25) is 0 Å². The molecular weight excluding hydrogens is 725 g/mol. The molecule has 344 valence electrons. The van der Waals surface area contributed by atoms with E-state index in [-0.39, 0.29) is 24.4 Å². The molecule has 0 saturated carbocycles. The van der Waals surface area contributed by atoms with Gasteiger partial charge in [0, 0.05) is 7.11 Å². The Bertz CT molecular complexity index is 962. The maximum atomic E-state index is 9.49. The van der Waals surface area contributed by atoms with Crippen LogP contribution in [-0.2, 0) is 4.74 Å². The summed E-state index contributed by atoms with van der Waals surface area (Å²) in [5, 5.41) is 37.3. The van der Waals surface area contributed by atoms with Gasteiger partial charge in [-0.25, -0.2) is 0 Å². The first-order valence-electron chi connectivity index (χ1n) is 24.6. The van der Waals surface area contributed by atoms with E-state index in [2.05, 4.69) is 47.9 Å². The lowest BCUT2D eigenvalue weighted by Gasteiger charge is -2.48. The highest BCUT2D eigenvalue weighted by atomic mass is 16.5. The normalized spacial score (nSPS) is 28.1. The largest absolute Gasteiger partial charge is 0.382 e. The molecule has 0 atom stereocenters. The van der Waals surface area contributed by atoms with Crippen molar-refractivity contribution in [2.24, 2.45) is 0 Å². The van der Waals surface area contributed by atoms with Gasteiger partial charge < -0.3 is 43.1 Å². The van der Waals surface area contributed by atoms with Crippen LogP contribution in [-0.4, -0.2) is 182 Å². The van der Waals surface area contributed by atoms with E-state index >= 15 is 0 Å². The predicted molar refractivity (Wildman–Crippen MR) is 247 cm³/mol. The number of nitrogens with zero attached hydrogens (tertiary/aromatic N) is 4. The number of aliphatic hydroxyl groups excluding tert-OH is 4. The van der Waals surface area contributed by atoms with E-state index in [0.29, 0.717) is 0 Å². The molecule has 4 N–H and O–H groups in total. The van der Waals surface area contributed by atoms with E-state index < -0.39 is 0 Å². The third-order valence-corrected chi connectivity index (χ3v) is 13.4. The fourth-order valence-electron chi connectivity index (χ4n) is 10.0. The first kappa shape index (κ1) is 55.1. The average molecular weight is 827 g/mol. The van der Waals surface area contributed by atoms with Crippen molar-refractivity contribution in [2.45, 2.75) is 174 Å². The van der Waals surface area contributed by atoms with Crippen LogP contribution >= 0.6 is 0 Å². The lowest BCUT2D eigenvalue weighted by molar-refractivity contribution is -0.972. The van der Waals surface area contributed by atoms with Crippen molar-refractivity contribution in [1.82, 2.24) is 0 Å². The molecule has 0 bridgehead atoms. The molecule has 0 aliphatic carbocycles. The summed E-state index contributed by atoms with van der Waals surface area (Å²) in [4.78, 5) is 0. The molecule has 0 spiro atoms. The number of likely N-dealkylation sites (tertiary alicyclic amines) is 4. The maximum absolute atomic E-state index is 9.49. The summed E-state index contributed by atoms with van der Waals surface area (Å²) in [6, 6.07) is 0. The molecule has 9 nitrogen and oxygen atoms in total. The molecule has 4 aliphatic rings. The van der Waals surface area contributed by atoms with Gasteiger partial charge in [-0.15, -0.1) is 0 Å². The summed E-state index contributed by atoms with van der Waals surface area (Å²) in [5.41, 5.74) is 0. The van der Waals surface area contributed by atoms with Gasteiger partial charge in [0.15, 0.2) is 24.4 Å². The van der Waals surface area contributed by atoms with Crippen LogP contribution in [0.1, 0.15) is 150 Å². The number of hydrogen-bond acceptors (Lipinski definition) is 5. The predicted octanol–water partition coefficient (Wildman–Crippen LogP) is 7.85. The zero-order valence-electron chi connectivity index (χ0n) is 39.6. The van der Waals surface area contributed by atoms with Crippen LogP contribution in [0.3, 0.4) is 0 Å². The number of unbranched alkanes of at least 4 members (excludes halogenated alkanes) is 15. The molecular formula is C49H102N4O5+4. The third-order valence-electron chi connectivity index (χ3n) is 13.4. The van der Waals surface area contributed by atoms with Gasteiger partial charge in [0.05, 0.1) is 52.9 Å². The standard InChI is InChI=1S/2C15H32NO.C10H22NO2.C9H16NO/c1-3-4-5-6-7-8-9-10-11-12-16(2)13-15(17)14-16;1-3-5-6-7-8-9-10-12-16(11-4-2)13-15(17)14-16;1-3-4-5-11(6-7-13-2)8-10(12)9-11;1-3-5-10(6-4-2)7-9(11)8-10/h2*15,17H,3-14H2,1-2H3;10,12H,3-9H2,1-2H3;3-4,9,11H,1-2,5-8H2/q4*+1. The average Bonchev–Trinajstić information content (AvgIpc) is 3.14. The summed E-state index contributed by atoms with van der Waals surface area (Å²) < 4.78 is 9.41. The molecule has 0 unspecified atom stereocenters. The van der Waals surface area contributed by atoms with Gasteiger partial charge in [-0.2, -0.15) is 0 Å². The topological polar surface area (TPSA) is 90.2 Å². The number of quaternary nitrogens is 4. The van der Waals surface area contributed by atoms with Gasteiger partial charge in [0.1, 0.15) is 58.9 Å². The van der Waals surface area contributed by atoms with Gasteiger partial charge in [0.2, 0.25) is 0 Å². The zero-order valence-corrected chi connectivity index (χ0v) is 39.6. The minimum absolute atomic E-state index is 0.00824. The minimum Gasteiger partial charge on any atom is -0.382 e. The molecule has 4 rings (SSSR count). The van der Waals surface area contributed by atoms with Crippen molar-refractivity contribution in [3.05, 3.63) is 25.3 Å². The van der Waals surface area contributed by atoms with Crippen LogP contribution in [0, 0.1) is 0 Å². The smallest absolute Gasteiger partial charge is 0.152 e. The van der Waals surface area contributed by atoms with E-state index in [4.69, 9.17) is 9.84 Å². The molecule has 0 radical (unpaired) electrons. The zero-order chi connectivity index (χ0) is 43.2. The first-order chi connectivity index (χ1) is 27.8. The van der Waals surface area contributed by atoms with Crippen LogP contribution in [0.2, 0.25) is 0 Å². The van der Waals surface area contributed by atoms with Crippen LogP contribution in [0.25, 0.3) is 0 Å². The number of ether oxygens (including phenoxy) is 1. The Balaban J connectivity index is 0.000000392. The molecule has 9 heteroatoms. The highest BCUT2D eigenvalue weighted by Crippen LogP contribution is 2.24. The molecule has 4 saturated heterocycles. The molecule has 4 heterocycles. The summed E-state index contributed by atoms with van der Waals surface area (Å²) in [5.74, 6) is 0. The van der Waals surface area contributed by atoms with E-state index in [1.165, 1.54) is 153 Å². The Morgan fingerprint density at radius 2 is 0.776 bits per heavy atom. The van der Waals surface area contributed by atoms with Gasteiger partial charge in [0.25, 0.3) is 0 Å². The maximum Gasteiger partial charge on any atom is 0.152 e. The quantitative estimate of drug-likeness (QED) is 0.0337. The number of methoxy groups -OCH3 is 1. The second-order valence-corrected chi connectivity index (χ2v) is 19.6. The lowest BCUT2D eigenvalue weighted by Crippen LogP contribution is -2.67. The number of rotatable bonds is 30. The highest BCUT2D eigenvalue weighted by molar-refractivity contribution is 4.79. The monoisotopic (exact) mass is 827 g/mol. The van der Waals surface area contributed by atoms with Crippen LogP contribution < -0.4 is 0 Å². The second-order valence-electron chi connectivity index (χ2n) is 19.6. The van der Waals surface area contributed by atoms with Crippen LogP contribution in [0.4, 0.5) is 0 Å². The summed E-state index contributed by atoms with van der Waals surface area (Å²) in [6.45, 7) is 32.8. The fraction of sp³-hybridized carbons (Fsp3) is 0.918. The van der Waals surface area contributed by atoms with E-state index in [1.807, 2.05) is 12.2 Å². The highest BCUT2D eigenvalue weighted by Gasteiger charge is 2.43. The van der Waals surface area contributed by atoms with Crippen molar-refractivity contribution in [1.29, 1.82) is 0 Å². The van der Waals surface area contributed by atoms with Crippen molar-refractivity contribution < 1.29 is 43.1 Å². The van der Waals surface area contributed by atoms with Crippen molar-refractivity contribution in [2.75, 3.05) is 119 Å². The third kappa shape index (κ3) is 23.4. The molecule has 0 aromatic rings. The molecule has 58 heavy (non-hydrogen) atoms. The summed E-state index contributed by atoms with van der Waals surface area (Å²) >= 11 is 0. The number of likely N-dealkylation sites (N-methyl/N-ethyl adjacent to an activating group) is 1. The van der Waals surface area contributed by atoms with Gasteiger partial charge in [-0.05, 0) is 50.7 Å². The number of hydrogen-bond donors (Lipinski definition) is 4. The Hall–Kier alpha value is -0.880. The van der Waals surface area contributed by atoms with E-state index in [9.17, 15) is 15.3 Å². The Labute approximate surface area is 360 Å². The first-order valence-corrected chi connectivity index (χ1v) is 24.6. The Morgan fingerprint density at radius 1 is 0.431 bits per heavy atom. The SMILES string of the molecule is C=CC[N+]1(CC=C)CC(O)C1.CCCCCCCCCCC[N+]1(C)CC(O)C1.CCCCCCCCC[N+]1(CCC)CC(O)C1.CCCC[N+]1(CCOC)CC(O)C1. The molecule has 0 aromatic carbocycles. The summed E-state index contributed by atoms with van der Waals surface area (Å²) in [7, 11) is 4.02. The fourth-order valence-corrected chi connectivity index (χ4v) is 10.0. The van der Waals surface area contributed by atoms with Gasteiger partial charge >= 0.3 is 0 Å². The van der Waals surface area contributed by atoms with Gasteiger partial charge in [-0.1, -0.05) is 124 Å². The molecule has 4 fully saturated rings. The van der Waals surface area contributed by atoms with Crippen molar-refractivity contribution >= 4 is 0 Å². The van der Waals surface area contributed by atoms with E-state index in [0.717, 1.165) is 92.0 Å². The molecule has 0 amide bonds. The van der Waals surface area contributed by atoms with Crippen LogP contribution in [0.5, 0.6) is 0 Å². The van der Waals surface area contributed by atoms with Crippen molar-refractivity contribution in [3.8, 4) is 0 Å². The molecule has 4 aliphatic heterocycles. The Morgan fingerprint density at radius 3 is 1.14 bits per heavy atom. The number of aliphatic hydroxyl groups is 4. The van der Waals surface area contributed by atoms with Crippen molar-refractivity contribution in [3.63, 3.8) is 0 Å². The lowest BCUT2D eigenvalue weighted by atomic mass is 10.0. The Kier molecular flexibility index (Phi) is 30.3. The summed E-state index contributed by atoms with van der Waals surface area (Å²) in [6.07, 6.45) is 29.8.